The summed E-state index contributed by atoms with van der Waals surface area (Å²) in [5, 5.41) is 3.50. The van der Waals surface area contributed by atoms with Gasteiger partial charge in [-0.05, 0) is 64.7 Å². The van der Waals surface area contributed by atoms with Crippen LogP contribution < -0.4 is 0 Å². The fourth-order valence-corrected chi connectivity index (χ4v) is 7.74. The zero-order valence-corrected chi connectivity index (χ0v) is 26.0. The second kappa shape index (κ2) is 9.51. The maximum absolute atomic E-state index is 6.35. The SMILES string of the molecule is CC1(C)c2ccccc2-c2cc3c(cc21)c1ccccc1n3-c1cccc(-c2nc(-c3ccccc3)c3oc4ccccc4c3n2)c1. The van der Waals surface area contributed by atoms with Crippen molar-refractivity contribution in [3.63, 3.8) is 0 Å². The van der Waals surface area contributed by atoms with Crippen LogP contribution in [0.1, 0.15) is 25.0 Å². The van der Waals surface area contributed by atoms with Gasteiger partial charge in [0.05, 0.1) is 11.0 Å². The molecule has 222 valence electrons. The largest absolute Gasteiger partial charge is 0.452 e. The Bertz CT molecular complexity index is 2710. The molecule has 0 fully saturated rings. The number of hydrogen-bond donors (Lipinski definition) is 0. The van der Waals surface area contributed by atoms with Crippen molar-refractivity contribution in [1.82, 2.24) is 14.5 Å². The molecule has 0 N–H and O–H groups in total. The van der Waals surface area contributed by atoms with E-state index in [9.17, 15) is 0 Å². The Labute approximate surface area is 271 Å². The molecule has 4 nitrogen and oxygen atoms in total. The number of benzene rings is 6. The lowest BCUT2D eigenvalue weighted by atomic mass is 9.82. The van der Waals surface area contributed by atoms with Gasteiger partial charge in [-0.1, -0.05) is 111 Å². The van der Waals surface area contributed by atoms with Crippen LogP contribution in [-0.4, -0.2) is 14.5 Å². The molecule has 0 atom stereocenters. The van der Waals surface area contributed by atoms with Crippen LogP contribution in [0, 0.1) is 0 Å². The maximum atomic E-state index is 6.35. The molecule has 3 aromatic heterocycles. The van der Waals surface area contributed by atoms with Crippen LogP contribution in [0.4, 0.5) is 0 Å². The van der Waals surface area contributed by atoms with Gasteiger partial charge < -0.3 is 8.98 Å². The Morgan fingerprint density at radius 2 is 1.30 bits per heavy atom. The van der Waals surface area contributed by atoms with Gasteiger partial charge in [0.1, 0.15) is 16.8 Å². The van der Waals surface area contributed by atoms with Crippen LogP contribution >= 0.6 is 0 Å². The maximum Gasteiger partial charge on any atom is 0.180 e. The molecule has 0 amide bonds. The van der Waals surface area contributed by atoms with Crippen molar-refractivity contribution >= 4 is 43.9 Å². The molecule has 47 heavy (non-hydrogen) atoms. The van der Waals surface area contributed by atoms with E-state index >= 15 is 0 Å². The Balaban J connectivity index is 1.22. The van der Waals surface area contributed by atoms with Gasteiger partial charge >= 0.3 is 0 Å². The first-order chi connectivity index (χ1) is 23.1. The van der Waals surface area contributed by atoms with Gasteiger partial charge in [0.15, 0.2) is 11.4 Å². The summed E-state index contributed by atoms with van der Waals surface area (Å²) >= 11 is 0. The second-order valence-electron chi connectivity index (χ2n) is 13.0. The molecule has 0 spiro atoms. The third-order valence-corrected chi connectivity index (χ3v) is 10.0. The molecule has 10 rings (SSSR count). The van der Waals surface area contributed by atoms with E-state index in [0.717, 1.165) is 39.0 Å². The second-order valence-corrected chi connectivity index (χ2v) is 13.0. The van der Waals surface area contributed by atoms with Gasteiger partial charge in [-0.2, -0.15) is 0 Å². The molecule has 0 unspecified atom stereocenters. The van der Waals surface area contributed by atoms with Gasteiger partial charge in [-0.3, -0.25) is 0 Å². The Morgan fingerprint density at radius 3 is 2.19 bits per heavy atom. The summed E-state index contributed by atoms with van der Waals surface area (Å²) in [7, 11) is 0. The van der Waals surface area contributed by atoms with Crippen LogP contribution in [0.15, 0.2) is 144 Å². The predicted molar refractivity (Wildman–Crippen MR) is 192 cm³/mol. The van der Waals surface area contributed by atoms with Crippen molar-refractivity contribution in [1.29, 1.82) is 0 Å². The van der Waals surface area contributed by atoms with Crippen molar-refractivity contribution in [2.45, 2.75) is 19.3 Å². The van der Waals surface area contributed by atoms with Crippen LogP contribution in [0.5, 0.6) is 0 Å². The number of para-hydroxylation sites is 2. The van der Waals surface area contributed by atoms with Crippen LogP contribution in [0.3, 0.4) is 0 Å². The van der Waals surface area contributed by atoms with Gasteiger partial charge in [0.2, 0.25) is 0 Å². The van der Waals surface area contributed by atoms with E-state index in [2.05, 4.69) is 122 Å². The molecule has 9 aromatic rings. The summed E-state index contributed by atoms with van der Waals surface area (Å²) in [4.78, 5) is 10.3. The van der Waals surface area contributed by atoms with Crippen molar-refractivity contribution < 1.29 is 4.42 Å². The van der Waals surface area contributed by atoms with E-state index < -0.39 is 0 Å². The number of hydrogen-bond acceptors (Lipinski definition) is 3. The summed E-state index contributed by atoms with van der Waals surface area (Å²) in [6.45, 7) is 4.69. The number of fused-ring (bicyclic) bond motifs is 9. The third kappa shape index (κ3) is 3.70. The van der Waals surface area contributed by atoms with Gasteiger partial charge in [-0.15, -0.1) is 0 Å². The summed E-state index contributed by atoms with van der Waals surface area (Å²) in [6, 6.07) is 49.3. The van der Waals surface area contributed by atoms with Crippen LogP contribution in [0.25, 0.3) is 83.3 Å². The molecule has 3 heterocycles. The van der Waals surface area contributed by atoms with Crippen LogP contribution in [-0.2, 0) is 5.41 Å². The lowest BCUT2D eigenvalue weighted by Crippen LogP contribution is -2.14. The Morgan fingerprint density at radius 1 is 0.553 bits per heavy atom. The zero-order valence-electron chi connectivity index (χ0n) is 26.0. The highest BCUT2D eigenvalue weighted by atomic mass is 16.3. The van der Waals surface area contributed by atoms with Gasteiger partial charge in [-0.25, -0.2) is 9.97 Å². The fourth-order valence-electron chi connectivity index (χ4n) is 7.74. The zero-order chi connectivity index (χ0) is 31.3. The summed E-state index contributed by atoms with van der Waals surface area (Å²) in [6.07, 6.45) is 0. The van der Waals surface area contributed by atoms with Crippen molar-refractivity contribution in [2.24, 2.45) is 0 Å². The first kappa shape index (κ1) is 26.2. The predicted octanol–water partition coefficient (Wildman–Crippen LogP) is 11.1. The van der Waals surface area contributed by atoms with E-state index in [4.69, 9.17) is 14.4 Å². The molecule has 0 saturated heterocycles. The summed E-state index contributed by atoms with van der Waals surface area (Å²) in [5.74, 6) is 0.669. The monoisotopic (exact) mass is 603 g/mol. The molecule has 0 aliphatic heterocycles. The first-order valence-electron chi connectivity index (χ1n) is 16.1. The number of furan rings is 1. The average molecular weight is 604 g/mol. The molecular weight excluding hydrogens is 574 g/mol. The van der Waals surface area contributed by atoms with Gasteiger partial charge in [0.25, 0.3) is 0 Å². The molecule has 0 bridgehead atoms. The molecule has 0 saturated carbocycles. The number of rotatable bonds is 3. The minimum atomic E-state index is -0.0626. The van der Waals surface area contributed by atoms with Crippen molar-refractivity contribution in [2.75, 3.05) is 0 Å². The molecule has 4 heteroatoms. The molecule has 6 aromatic carbocycles. The van der Waals surface area contributed by atoms with E-state index in [-0.39, 0.29) is 5.41 Å². The van der Waals surface area contributed by atoms with Gasteiger partial charge in [0, 0.05) is 38.4 Å². The highest BCUT2D eigenvalue weighted by molar-refractivity contribution is 6.11. The van der Waals surface area contributed by atoms with E-state index in [1.54, 1.807) is 0 Å². The topological polar surface area (TPSA) is 43.9 Å². The minimum absolute atomic E-state index is 0.0626. The minimum Gasteiger partial charge on any atom is -0.452 e. The lowest BCUT2D eigenvalue weighted by Gasteiger charge is -2.21. The number of aromatic nitrogens is 3. The lowest BCUT2D eigenvalue weighted by molar-refractivity contribution is 0.661. The normalized spacial score (nSPS) is 13.5. The third-order valence-electron chi connectivity index (χ3n) is 10.0. The van der Waals surface area contributed by atoms with Crippen molar-refractivity contribution in [3.8, 4) is 39.5 Å². The average Bonchev–Trinajstić information content (AvgIpc) is 3.73. The standard InChI is InChI=1S/C43H29N3O/c1-43(2)34-20-9-6-17-29(34)32-25-37-33(24-35(32)43)30-18-7-10-21-36(30)46(37)28-16-12-15-27(23-28)42-44-39(26-13-4-3-5-14-26)41-40(45-42)31-19-8-11-22-38(31)47-41/h3-25H,1-2H3. The Kier molecular flexibility index (Phi) is 5.31. The number of nitrogens with zero attached hydrogens (tertiary/aromatic N) is 3. The Hall–Kier alpha value is -6.00. The van der Waals surface area contributed by atoms with Crippen molar-refractivity contribution in [3.05, 3.63) is 151 Å². The molecule has 1 aliphatic carbocycles. The highest BCUT2D eigenvalue weighted by Crippen LogP contribution is 2.51. The summed E-state index contributed by atoms with van der Waals surface area (Å²) < 4.78 is 8.75. The van der Waals surface area contributed by atoms with E-state index in [0.29, 0.717) is 11.4 Å². The quantitative estimate of drug-likeness (QED) is 0.202. The smallest absolute Gasteiger partial charge is 0.180 e. The fraction of sp³-hybridized carbons (Fsp3) is 0.0698. The molecule has 1 aliphatic rings. The van der Waals surface area contributed by atoms with E-state index in [1.807, 2.05) is 36.4 Å². The molecular formula is C43H29N3O. The summed E-state index contributed by atoms with van der Waals surface area (Å²) in [5.41, 5.74) is 13.8. The molecule has 0 radical (unpaired) electrons. The van der Waals surface area contributed by atoms with Crippen LogP contribution in [0.2, 0.25) is 0 Å². The first-order valence-corrected chi connectivity index (χ1v) is 16.1. The highest BCUT2D eigenvalue weighted by Gasteiger charge is 2.36. The van der Waals surface area contributed by atoms with E-state index in [1.165, 1.54) is 44.1 Å².